The lowest BCUT2D eigenvalue weighted by molar-refractivity contribution is 0.244. The van der Waals surface area contributed by atoms with Crippen LogP contribution in [0.4, 0.5) is 0 Å². The Balaban J connectivity index is 1.36. The molecule has 0 atom stereocenters. The Bertz CT molecular complexity index is 1100. The number of aromatic nitrogens is 4. The minimum absolute atomic E-state index is 0.722. The number of halogens is 1. The van der Waals surface area contributed by atoms with E-state index < -0.39 is 0 Å². The fourth-order valence-corrected chi connectivity index (χ4v) is 3.76. The lowest BCUT2D eigenvalue weighted by Gasteiger charge is -2.27. The summed E-state index contributed by atoms with van der Waals surface area (Å²) < 4.78 is 0. The predicted molar refractivity (Wildman–Crippen MR) is 106 cm³/mol. The van der Waals surface area contributed by atoms with Crippen LogP contribution < -0.4 is 0 Å². The first-order chi connectivity index (χ1) is 13.3. The van der Waals surface area contributed by atoms with E-state index in [1.165, 1.54) is 16.5 Å². The fraction of sp³-hybridized carbons (Fsp3) is 0.190. The molecule has 134 valence electrons. The highest BCUT2D eigenvalue weighted by atomic mass is 35.5. The van der Waals surface area contributed by atoms with Crippen LogP contribution in [-0.2, 0) is 19.5 Å². The Labute approximate surface area is 162 Å². The van der Waals surface area contributed by atoms with Crippen LogP contribution in [0.15, 0.2) is 55.0 Å². The van der Waals surface area contributed by atoms with E-state index in [0.717, 1.165) is 53.8 Å². The Hall–Kier alpha value is -2.76. The molecule has 0 radical (unpaired) electrons. The van der Waals surface area contributed by atoms with Crippen molar-refractivity contribution in [3.05, 3.63) is 76.8 Å². The summed E-state index contributed by atoms with van der Waals surface area (Å²) in [4.78, 5) is 19.4. The average Bonchev–Trinajstić information content (AvgIpc) is 3.11. The van der Waals surface area contributed by atoms with Gasteiger partial charge in [0.25, 0.3) is 0 Å². The second-order valence-electron chi connectivity index (χ2n) is 6.85. The maximum absolute atomic E-state index is 5.97. The van der Waals surface area contributed by atoms with Crippen molar-refractivity contribution in [3.63, 3.8) is 0 Å². The SMILES string of the molecule is Clc1ccc(-c2ncc3c(n2)CCN(Cc2c[nH]c4ncccc24)C3)cc1. The third-order valence-electron chi connectivity index (χ3n) is 5.05. The van der Waals surface area contributed by atoms with E-state index in [1.807, 2.05) is 42.7 Å². The van der Waals surface area contributed by atoms with Crippen LogP contribution in [-0.4, -0.2) is 31.4 Å². The van der Waals surface area contributed by atoms with E-state index in [4.69, 9.17) is 16.6 Å². The molecule has 0 amide bonds. The maximum atomic E-state index is 5.97. The molecule has 6 heteroatoms. The van der Waals surface area contributed by atoms with E-state index in [9.17, 15) is 0 Å². The van der Waals surface area contributed by atoms with Gasteiger partial charge >= 0.3 is 0 Å². The number of nitrogens with one attached hydrogen (secondary N) is 1. The third kappa shape index (κ3) is 3.20. The number of benzene rings is 1. The summed E-state index contributed by atoms with van der Waals surface area (Å²) in [5.74, 6) is 0.765. The van der Waals surface area contributed by atoms with Gasteiger partial charge in [0.05, 0.1) is 5.69 Å². The normalized spacial score (nSPS) is 14.4. The standard InChI is InChI=1S/C21H18ClN5/c22-17-5-3-14(4-6-17)20-24-11-16-13-27(9-7-19(16)26-20)12-15-10-25-21-18(15)2-1-8-23-21/h1-6,8,10-11H,7,9,12-13H2,(H,23,25). The number of H-pyrrole nitrogens is 1. The molecule has 4 heterocycles. The Kier molecular flexibility index (Phi) is 4.11. The van der Waals surface area contributed by atoms with Crippen LogP contribution in [0, 0.1) is 0 Å². The van der Waals surface area contributed by atoms with Crippen molar-refractivity contribution in [1.29, 1.82) is 0 Å². The van der Waals surface area contributed by atoms with Crippen molar-refractivity contribution in [1.82, 2.24) is 24.8 Å². The Morgan fingerprint density at radius 3 is 2.89 bits per heavy atom. The van der Waals surface area contributed by atoms with Crippen molar-refractivity contribution in [2.75, 3.05) is 6.54 Å². The summed E-state index contributed by atoms with van der Waals surface area (Å²) in [6.45, 7) is 2.74. The van der Waals surface area contributed by atoms with Gasteiger partial charge in [0.1, 0.15) is 5.65 Å². The second kappa shape index (κ2) is 6.76. The summed E-state index contributed by atoms with van der Waals surface area (Å²) in [6.07, 6.45) is 6.77. The van der Waals surface area contributed by atoms with Crippen LogP contribution in [0.5, 0.6) is 0 Å². The number of hydrogen-bond acceptors (Lipinski definition) is 4. The summed E-state index contributed by atoms with van der Waals surface area (Å²) in [6, 6.07) is 11.8. The molecule has 0 aliphatic carbocycles. The van der Waals surface area contributed by atoms with Crippen molar-refractivity contribution in [3.8, 4) is 11.4 Å². The molecule has 0 saturated carbocycles. The molecule has 1 aliphatic heterocycles. The van der Waals surface area contributed by atoms with Gasteiger partial charge in [-0.25, -0.2) is 15.0 Å². The molecule has 0 bridgehead atoms. The zero-order valence-electron chi connectivity index (χ0n) is 14.7. The summed E-state index contributed by atoms with van der Waals surface area (Å²) in [5, 5.41) is 1.91. The molecule has 0 spiro atoms. The van der Waals surface area contributed by atoms with Crippen LogP contribution >= 0.6 is 11.6 Å². The summed E-state index contributed by atoms with van der Waals surface area (Å²) >= 11 is 5.97. The van der Waals surface area contributed by atoms with Crippen LogP contribution in [0.2, 0.25) is 5.02 Å². The summed E-state index contributed by atoms with van der Waals surface area (Å²) in [7, 11) is 0. The highest BCUT2D eigenvalue weighted by molar-refractivity contribution is 6.30. The zero-order valence-corrected chi connectivity index (χ0v) is 15.4. The van der Waals surface area contributed by atoms with Gasteiger partial charge in [0, 0.05) is 66.2 Å². The third-order valence-corrected chi connectivity index (χ3v) is 5.30. The molecule has 3 aromatic heterocycles. The first-order valence-electron chi connectivity index (χ1n) is 9.00. The molecule has 0 fully saturated rings. The fourth-order valence-electron chi connectivity index (χ4n) is 3.63. The van der Waals surface area contributed by atoms with E-state index in [0.29, 0.717) is 0 Å². The number of hydrogen-bond donors (Lipinski definition) is 1. The molecule has 0 saturated heterocycles. The maximum Gasteiger partial charge on any atom is 0.159 e. The van der Waals surface area contributed by atoms with Gasteiger partial charge in [-0.15, -0.1) is 0 Å². The van der Waals surface area contributed by atoms with Gasteiger partial charge in [-0.2, -0.15) is 0 Å². The molecule has 27 heavy (non-hydrogen) atoms. The smallest absolute Gasteiger partial charge is 0.159 e. The van der Waals surface area contributed by atoms with Gasteiger partial charge in [-0.05, 0) is 42.0 Å². The molecule has 5 nitrogen and oxygen atoms in total. The molecular weight excluding hydrogens is 358 g/mol. The van der Waals surface area contributed by atoms with Gasteiger partial charge in [-0.1, -0.05) is 11.6 Å². The van der Waals surface area contributed by atoms with Crippen LogP contribution in [0.3, 0.4) is 0 Å². The molecule has 1 aromatic carbocycles. The number of nitrogens with zero attached hydrogens (tertiary/aromatic N) is 4. The van der Waals surface area contributed by atoms with Crippen molar-refractivity contribution < 1.29 is 0 Å². The van der Waals surface area contributed by atoms with Gasteiger partial charge in [-0.3, -0.25) is 4.90 Å². The van der Waals surface area contributed by atoms with E-state index in [2.05, 4.69) is 32.1 Å². The first-order valence-corrected chi connectivity index (χ1v) is 9.38. The molecule has 0 unspecified atom stereocenters. The summed E-state index contributed by atoms with van der Waals surface area (Å²) in [5.41, 5.74) is 5.57. The monoisotopic (exact) mass is 375 g/mol. The minimum Gasteiger partial charge on any atom is -0.346 e. The Morgan fingerprint density at radius 2 is 2.00 bits per heavy atom. The van der Waals surface area contributed by atoms with Gasteiger partial charge < -0.3 is 4.98 Å². The first kappa shape index (κ1) is 16.4. The van der Waals surface area contributed by atoms with Crippen molar-refractivity contribution >= 4 is 22.6 Å². The van der Waals surface area contributed by atoms with Crippen molar-refractivity contribution in [2.24, 2.45) is 0 Å². The lowest BCUT2D eigenvalue weighted by Crippen LogP contribution is -2.30. The molecule has 1 N–H and O–H groups in total. The largest absolute Gasteiger partial charge is 0.346 e. The molecular formula is C21H18ClN5. The molecule has 4 aromatic rings. The predicted octanol–water partition coefficient (Wildman–Crippen LogP) is 4.23. The zero-order chi connectivity index (χ0) is 18.2. The Morgan fingerprint density at radius 1 is 1.11 bits per heavy atom. The highest BCUT2D eigenvalue weighted by Gasteiger charge is 2.20. The molecule has 1 aliphatic rings. The van der Waals surface area contributed by atoms with Crippen LogP contribution in [0.25, 0.3) is 22.4 Å². The molecule has 5 rings (SSSR count). The van der Waals surface area contributed by atoms with E-state index in [-0.39, 0.29) is 0 Å². The minimum atomic E-state index is 0.722. The number of fused-ring (bicyclic) bond motifs is 2. The average molecular weight is 376 g/mol. The van der Waals surface area contributed by atoms with E-state index in [1.54, 1.807) is 0 Å². The lowest BCUT2D eigenvalue weighted by atomic mass is 10.1. The number of aromatic amines is 1. The number of rotatable bonds is 3. The second-order valence-corrected chi connectivity index (χ2v) is 7.28. The topological polar surface area (TPSA) is 57.7 Å². The van der Waals surface area contributed by atoms with Gasteiger partial charge in [0.15, 0.2) is 5.82 Å². The van der Waals surface area contributed by atoms with Gasteiger partial charge in [0.2, 0.25) is 0 Å². The van der Waals surface area contributed by atoms with E-state index >= 15 is 0 Å². The quantitative estimate of drug-likeness (QED) is 0.582. The van der Waals surface area contributed by atoms with Crippen molar-refractivity contribution in [2.45, 2.75) is 19.5 Å². The highest BCUT2D eigenvalue weighted by Crippen LogP contribution is 2.24. The number of pyridine rings is 1. The van der Waals surface area contributed by atoms with Crippen LogP contribution in [0.1, 0.15) is 16.8 Å².